The van der Waals surface area contributed by atoms with Crippen LogP contribution in [0.5, 0.6) is 0 Å². The van der Waals surface area contributed by atoms with Gasteiger partial charge in [0.2, 0.25) is 5.28 Å². The van der Waals surface area contributed by atoms with Crippen molar-refractivity contribution in [2.45, 2.75) is 6.54 Å². The molecule has 0 aromatic carbocycles. The van der Waals surface area contributed by atoms with Crippen LogP contribution in [0.25, 0.3) is 11.2 Å². The molecule has 3 N–H and O–H groups in total. The fourth-order valence-electron chi connectivity index (χ4n) is 1.75. The largest absolute Gasteiger partial charge is 0.332 e. The molecule has 2 aromatic heterocycles. The minimum absolute atomic E-state index is 0.0678. The Kier molecular flexibility index (Phi) is 3.16. The number of imidazole rings is 1. The van der Waals surface area contributed by atoms with E-state index in [0.717, 1.165) is 4.57 Å². The van der Waals surface area contributed by atoms with Gasteiger partial charge in [-0.25, -0.2) is 10.6 Å². The van der Waals surface area contributed by atoms with Gasteiger partial charge in [-0.05, 0) is 11.6 Å². The van der Waals surface area contributed by atoms with Gasteiger partial charge in [0, 0.05) is 14.1 Å². The number of rotatable bonds is 2. The Labute approximate surface area is 111 Å². The summed E-state index contributed by atoms with van der Waals surface area (Å²) in [5.41, 5.74) is 1.01. The van der Waals surface area contributed by atoms with E-state index in [9.17, 15) is 14.4 Å². The fraction of sp³-hybridized carbons (Fsp3) is 0.333. The van der Waals surface area contributed by atoms with E-state index >= 15 is 0 Å². The zero-order chi connectivity index (χ0) is 14.3. The third-order valence-corrected chi connectivity index (χ3v) is 3.05. The van der Waals surface area contributed by atoms with Crippen LogP contribution >= 0.6 is 11.6 Å². The smallest absolute Gasteiger partial charge is 0.299 e. The third kappa shape index (κ3) is 1.92. The van der Waals surface area contributed by atoms with Gasteiger partial charge < -0.3 is 0 Å². The maximum atomic E-state index is 12.1. The number of hydrazine groups is 1. The summed E-state index contributed by atoms with van der Waals surface area (Å²) in [5.74, 6) is 4.45. The lowest BCUT2D eigenvalue weighted by Crippen LogP contribution is -2.38. The van der Waals surface area contributed by atoms with Gasteiger partial charge in [0.1, 0.15) is 6.54 Å². The van der Waals surface area contributed by atoms with Crippen LogP contribution in [0.15, 0.2) is 9.59 Å². The molecule has 0 atom stereocenters. The van der Waals surface area contributed by atoms with Crippen molar-refractivity contribution in [3.05, 3.63) is 26.1 Å². The molecule has 2 aromatic rings. The highest BCUT2D eigenvalue weighted by atomic mass is 35.5. The van der Waals surface area contributed by atoms with Crippen LogP contribution in [0.2, 0.25) is 5.28 Å². The van der Waals surface area contributed by atoms with Crippen LogP contribution in [0.3, 0.4) is 0 Å². The van der Waals surface area contributed by atoms with E-state index in [4.69, 9.17) is 17.4 Å². The molecule has 9 nitrogen and oxygen atoms in total. The van der Waals surface area contributed by atoms with Gasteiger partial charge in [-0.15, -0.1) is 0 Å². The van der Waals surface area contributed by atoms with E-state index in [-0.39, 0.29) is 23.0 Å². The number of carbonyl (C=O) groups excluding carboxylic acids is 1. The number of amides is 1. The molecular formula is C9H11ClN6O3. The minimum atomic E-state index is -0.581. The van der Waals surface area contributed by atoms with Crippen molar-refractivity contribution >= 4 is 28.7 Å². The molecule has 0 saturated heterocycles. The van der Waals surface area contributed by atoms with Crippen LogP contribution in [-0.4, -0.2) is 24.6 Å². The lowest BCUT2D eigenvalue weighted by atomic mass is 10.4. The summed E-state index contributed by atoms with van der Waals surface area (Å²) in [6.45, 7) is -0.265. The molecule has 2 rings (SSSR count). The number of aromatic nitrogens is 4. The molecule has 0 aliphatic rings. The maximum absolute atomic E-state index is 12.1. The summed E-state index contributed by atoms with van der Waals surface area (Å²) in [4.78, 5) is 39.0. The van der Waals surface area contributed by atoms with Crippen LogP contribution in [0.4, 0.5) is 0 Å². The van der Waals surface area contributed by atoms with Crippen molar-refractivity contribution in [1.82, 2.24) is 24.1 Å². The maximum Gasteiger partial charge on any atom is 0.332 e. The lowest BCUT2D eigenvalue weighted by Gasteiger charge is -2.06. The Bertz CT molecular complexity index is 786. The van der Waals surface area contributed by atoms with Gasteiger partial charge in [-0.1, -0.05) is 0 Å². The minimum Gasteiger partial charge on any atom is -0.299 e. The van der Waals surface area contributed by atoms with Crippen LogP contribution < -0.4 is 22.5 Å². The summed E-state index contributed by atoms with van der Waals surface area (Å²) in [6, 6.07) is 0. The number of nitrogens with zero attached hydrogens (tertiary/aromatic N) is 4. The van der Waals surface area contributed by atoms with Gasteiger partial charge in [-0.2, -0.15) is 4.98 Å². The quantitative estimate of drug-likeness (QED) is 0.289. The predicted octanol–water partition coefficient (Wildman–Crippen LogP) is -1.92. The molecule has 0 aliphatic carbocycles. The first-order valence-electron chi connectivity index (χ1n) is 5.19. The standard InChI is InChI=1S/C9H11ClN6O3/c1-14-6-5(7(18)15(2)9(14)19)16(8(10)12-6)3-4(17)13-11/h3,11H2,1-2H3,(H,13,17). The van der Waals surface area contributed by atoms with Crippen LogP contribution in [-0.2, 0) is 25.4 Å². The first-order chi connectivity index (χ1) is 8.88. The molecule has 0 radical (unpaired) electrons. The van der Waals surface area contributed by atoms with E-state index < -0.39 is 17.2 Å². The second-order valence-corrected chi connectivity index (χ2v) is 4.25. The van der Waals surface area contributed by atoms with Gasteiger partial charge in [0.15, 0.2) is 11.2 Å². The number of halogens is 1. The van der Waals surface area contributed by atoms with Crippen molar-refractivity contribution in [2.75, 3.05) is 0 Å². The van der Waals surface area contributed by atoms with E-state index in [0.29, 0.717) is 0 Å². The van der Waals surface area contributed by atoms with Crippen LogP contribution in [0.1, 0.15) is 0 Å². The number of carbonyl (C=O) groups is 1. The van der Waals surface area contributed by atoms with Gasteiger partial charge >= 0.3 is 5.69 Å². The normalized spacial score (nSPS) is 10.9. The number of fused-ring (bicyclic) bond motifs is 1. The molecule has 102 valence electrons. The summed E-state index contributed by atoms with van der Waals surface area (Å²) in [7, 11) is 2.79. The average molecular weight is 287 g/mol. The van der Waals surface area contributed by atoms with Crippen molar-refractivity contribution in [1.29, 1.82) is 0 Å². The van der Waals surface area contributed by atoms with Crippen LogP contribution in [0, 0.1) is 0 Å². The lowest BCUT2D eigenvalue weighted by molar-refractivity contribution is -0.121. The zero-order valence-corrected chi connectivity index (χ0v) is 10.9. The first kappa shape index (κ1) is 13.3. The van der Waals surface area contributed by atoms with Crippen molar-refractivity contribution in [2.24, 2.45) is 19.9 Å². The molecule has 0 unspecified atom stereocenters. The van der Waals surface area contributed by atoms with Gasteiger partial charge in [0.05, 0.1) is 0 Å². The molecule has 19 heavy (non-hydrogen) atoms. The summed E-state index contributed by atoms with van der Waals surface area (Å²) >= 11 is 5.88. The SMILES string of the molecule is Cn1c(=O)c2c(nc(Cl)n2CC(=O)NN)n(C)c1=O. The van der Waals surface area contributed by atoms with E-state index in [2.05, 4.69) is 4.98 Å². The molecule has 10 heteroatoms. The topological polar surface area (TPSA) is 117 Å². The molecule has 0 fully saturated rings. The molecule has 1 amide bonds. The van der Waals surface area contributed by atoms with Gasteiger partial charge in [0.25, 0.3) is 11.5 Å². The Hall–Kier alpha value is -2.13. The second-order valence-electron chi connectivity index (χ2n) is 3.91. The van der Waals surface area contributed by atoms with E-state index in [1.807, 2.05) is 5.43 Å². The Morgan fingerprint density at radius 3 is 2.58 bits per heavy atom. The van der Waals surface area contributed by atoms with Crippen molar-refractivity contribution in [3.63, 3.8) is 0 Å². The monoisotopic (exact) mass is 286 g/mol. The molecular weight excluding hydrogens is 276 g/mol. The van der Waals surface area contributed by atoms with E-state index in [1.165, 1.54) is 23.2 Å². The van der Waals surface area contributed by atoms with Crippen molar-refractivity contribution in [3.8, 4) is 0 Å². The number of nitrogens with two attached hydrogens (primary N) is 1. The van der Waals surface area contributed by atoms with Gasteiger partial charge in [-0.3, -0.25) is 28.7 Å². The number of aryl methyl sites for hydroxylation is 1. The number of hydrogen-bond donors (Lipinski definition) is 2. The number of nitrogens with one attached hydrogen (secondary N) is 1. The number of hydrogen-bond acceptors (Lipinski definition) is 5. The Morgan fingerprint density at radius 2 is 2.00 bits per heavy atom. The summed E-state index contributed by atoms with van der Waals surface area (Å²) in [6.07, 6.45) is 0. The summed E-state index contributed by atoms with van der Waals surface area (Å²) in [5, 5.41) is -0.0723. The molecule has 0 saturated carbocycles. The highest BCUT2D eigenvalue weighted by Gasteiger charge is 2.19. The predicted molar refractivity (Wildman–Crippen MR) is 67.6 cm³/mol. The Morgan fingerprint density at radius 1 is 1.37 bits per heavy atom. The second kappa shape index (κ2) is 4.52. The first-order valence-corrected chi connectivity index (χ1v) is 5.57. The average Bonchev–Trinajstić information content (AvgIpc) is 2.71. The van der Waals surface area contributed by atoms with E-state index in [1.54, 1.807) is 0 Å². The third-order valence-electron chi connectivity index (χ3n) is 2.76. The zero-order valence-electron chi connectivity index (χ0n) is 10.2. The highest BCUT2D eigenvalue weighted by Crippen LogP contribution is 2.14. The molecule has 2 heterocycles. The Balaban J connectivity index is 2.87. The highest BCUT2D eigenvalue weighted by molar-refractivity contribution is 6.29. The summed E-state index contributed by atoms with van der Waals surface area (Å²) < 4.78 is 3.29. The molecule has 0 aliphatic heterocycles. The molecule has 0 bridgehead atoms. The molecule has 0 spiro atoms. The van der Waals surface area contributed by atoms with Crippen molar-refractivity contribution < 1.29 is 4.79 Å². The fourth-order valence-corrected chi connectivity index (χ4v) is 1.98.